The van der Waals surface area contributed by atoms with Gasteiger partial charge in [0.1, 0.15) is 5.57 Å². The number of hydrogen-bond acceptors (Lipinski definition) is 5. The summed E-state index contributed by atoms with van der Waals surface area (Å²) in [5.41, 5.74) is 0.0695. The summed E-state index contributed by atoms with van der Waals surface area (Å²) in [6.07, 6.45) is 1.21. The van der Waals surface area contributed by atoms with Crippen LogP contribution in [0.15, 0.2) is 58.6 Å². The van der Waals surface area contributed by atoms with Crippen molar-refractivity contribution < 1.29 is 19.3 Å². The van der Waals surface area contributed by atoms with E-state index in [9.17, 15) is 24.5 Å². The molecule has 1 aliphatic heterocycles. The maximum Gasteiger partial charge on any atom is 0.335 e. The van der Waals surface area contributed by atoms with Crippen LogP contribution in [0.2, 0.25) is 0 Å². The van der Waals surface area contributed by atoms with Gasteiger partial charge in [0, 0.05) is 6.07 Å². The van der Waals surface area contributed by atoms with Crippen LogP contribution in [-0.4, -0.2) is 22.8 Å². The van der Waals surface area contributed by atoms with Crippen molar-refractivity contribution >= 4 is 51.2 Å². The Morgan fingerprint density at radius 3 is 2.42 bits per heavy atom. The molecule has 0 aliphatic carbocycles. The molecule has 4 amide bonds. The molecule has 1 saturated heterocycles. The third-order valence-corrected chi connectivity index (χ3v) is 4.26. The number of benzene rings is 2. The van der Waals surface area contributed by atoms with Crippen LogP contribution in [0, 0.1) is 10.1 Å². The van der Waals surface area contributed by atoms with E-state index in [1.807, 2.05) is 0 Å². The number of urea groups is 1. The summed E-state index contributed by atoms with van der Waals surface area (Å²) in [5, 5.41) is 13.1. The number of nitro benzene ring substituents is 1. The number of barbiturate groups is 1. The van der Waals surface area contributed by atoms with Gasteiger partial charge in [0.2, 0.25) is 0 Å². The molecule has 2 aromatic rings. The normalized spacial score (nSPS) is 16.0. The molecule has 0 spiro atoms. The molecule has 1 heterocycles. The third-order valence-electron chi connectivity index (χ3n) is 3.59. The van der Waals surface area contributed by atoms with Crippen LogP contribution in [0.1, 0.15) is 5.56 Å². The largest absolute Gasteiger partial charge is 0.335 e. The number of nitrogens with one attached hydrogen (secondary N) is 1. The Morgan fingerprint density at radius 2 is 1.77 bits per heavy atom. The highest BCUT2D eigenvalue weighted by atomic mass is 79.9. The molecular weight excluding hydrogens is 406 g/mol. The lowest BCUT2D eigenvalue weighted by molar-refractivity contribution is -0.385. The predicted molar refractivity (Wildman–Crippen MR) is 96.2 cm³/mol. The fourth-order valence-corrected chi connectivity index (χ4v) is 2.79. The van der Waals surface area contributed by atoms with E-state index in [1.54, 1.807) is 30.3 Å². The second kappa shape index (κ2) is 6.89. The van der Waals surface area contributed by atoms with Crippen molar-refractivity contribution in [1.82, 2.24) is 5.32 Å². The van der Waals surface area contributed by atoms with Crippen LogP contribution in [-0.2, 0) is 9.59 Å². The number of rotatable bonds is 3. The van der Waals surface area contributed by atoms with Gasteiger partial charge in [0.05, 0.1) is 15.1 Å². The predicted octanol–water partition coefficient (Wildman–Crippen LogP) is 3.02. The monoisotopic (exact) mass is 415 g/mol. The van der Waals surface area contributed by atoms with Gasteiger partial charge in [0.25, 0.3) is 17.5 Å². The van der Waals surface area contributed by atoms with Gasteiger partial charge in [0.15, 0.2) is 0 Å². The van der Waals surface area contributed by atoms with Gasteiger partial charge in [-0.2, -0.15) is 0 Å². The molecule has 130 valence electrons. The Morgan fingerprint density at radius 1 is 1.08 bits per heavy atom. The minimum absolute atomic E-state index is 0.209. The Balaban J connectivity index is 2.04. The number of imide groups is 2. The summed E-state index contributed by atoms with van der Waals surface area (Å²) >= 11 is 3.07. The molecule has 1 N–H and O–H groups in total. The smallest absolute Gasteiger partial charge is 0.273 e. The van der Waals surface area contributed by atoms with E-state index in [-0.39, 0.29) is 21.3 Å². The van der Waals surface area contributed by atoms with Crippen molar-refractivity contribution in [2.45, 2.75) is 0 Å². The second-order valence-electron chi connectivity index (χ2n) is 5.26. The molecule has 0 atom stereocenters. The maximum absolute atomic E-state index is 12.7. The van der Waals surface area contributed by atoms with E-state index < -0.39 is 22.8 Å². The summed E-state index contributed by atoms with van der Waals surface area (Å²) in [5.74, 6) is -1.67. The standard InChI is InChI=1S/C17H10BrN3O5/c18-13-7-6-10(9-14(13)21(25)26)8-12-15(22)19-17(24)20(16(12)23)11-4-2-1-3-5-11/h1-9H,(H,19,22,24)/b12-8-. The fourth-order valence-electron chi connectivity index (χ4n) is 2.40. The molecule has 2 aromatic carbocycles. The molecule has 0 radical (unpaired) electrons. The average molecular weight is 416 g/mol. The van der Waals surface area contributed by atoms with Crippen LogP contribution < -0.4 is 10.2 Å². The number of amides is 4. The highest BCUT2D eigenvalue weighted by Crippen LogP contribution is 2.27. The topological polar surface area (TPSA) is 110 Å². The van der Waals surface area contributed by atoms with Gasteiger partial charge in [-0.15, -0.1) is 0 Å². The van der Waals surface area contributed by atoms with Crippen LogP contribution in [0.4, 0.5) is 16.2 Å². The van der Waals surface area contributed by atoms with Crippen LogP contribution in [0.5, 0.6) is 0 Å². The van der Waals surface area contributed by atoms with Crippen molar-refractivity contribution in [1.29, 1.82) is 0 Å². The number of nitro groups is 1. The number of hydrogen-bond donors (Lipinski definition) is 1. The first-order valence-corrected chi connectivity index (χ1v) is 8.08. The molecule has 3 rings (SSSR count). The van der Waals surface area contributed by atoms with E-state index >= 15 is 0 Å². The Hall–Kier alpha value is -3.33. The summed E-state index contributed by atoms with van der Waals surface area (Å²) in [4.78, 5) is 48.1. The number of carbonyl (C=O) groups excluding carboxylic acids is 3. The van der Waals surface area contributed by atoms with E-state index in [4.69, 9.17) is 0 Å². The van der Waals surface area contributed by atoms with E-state index in [1.165, 1.54) is 24.3 Å². The summed E-state index contributed by atoms with van der Waals surface area (Å²) in [6, 6.07) is 11.4. The van der Waals surface area contributed by atoms with Crippen molar-refractivity contribution in [2.24, 2.45) is 0 Å². The first-order valence-electron chi connectivity index (χ1n) is 7.29. The molecule has 1 fully saturated rings. The summed E-state index contributed by atoms with van der Waals surface area (Å²) < 4.78 is 0.269. The number of para-hydroxylation sites is 1. The summed E-state index contributed by atoms with van der Waals surface area (Å²) in [7, 11) is 0. The van der Waals surface area contributed by atoms with Gasteiger partial charge in [-0.25, -0.2) is 9.69 Å². The summed E-state index contributed by atoms with van der Waals surface area (Å²) in [6.45, 7) is 0. The van der Waals surface area contributed by atoms with Gasteiger partial charge < -0.3 is 0 Å². The molecular formula is C17H10BrN3O5. The van der Waals surface area contributed by atoms with Crippen LogP contribution in [0.25, 0.3) is 6.08 Å². The molecule has 1 aliphatic rings. The molecule has 0 aromatic heterocycles. The SMILES string of the molecule is O=C1NC(=O)N(c2ccccc2)C(=O)/C1=C\c1ccc(Br)c([N+](=O)[O-])c1. The number of halogens is 1. The van der Waals surface area contributed by atoms with E-state index in [0.29, 0.717) is 5.69 Å². The third kappa shape index (κ3) is 3.24. The number of carbonyl (C=O) groups is 3. The van der Waals surface area contributed by atoms with Crippen molar-refractivity contribution in [3.63, 3.8) is 0 Å². The average Bonchev–Trinajstić information content (AvgIpc) is 2.60. The zero-order chi connectivity index (χ0) is 18.8. The number of anilines is 1. The zero-order valence-corrected chi connectivity index (χ0v) is 14.6. The maximum atomic E-state index is 12.7. The quantitative estimate of drug-likeness (QED) is 0.358. The zero-order valence-electron chi connectivity index (χ0n) is 13.0. The molecule has 26 heavy (non-hydrogen) atoms. The lowest BCUT2D eigenvalue weighted by atomic mass is 10.1. The number of nitrogens with zero attached hydrogens (tertiary/aromatic N) is 2. The minimum atomic E-state index is -0.863. The Bertz CT molecular complexity index is 972. The van der Waals surface area contributed by atoms with Crippen molar-refractivity contribution in [3.8, 4) is 0 Å². The first kappa shape index (κ1) is 17.5. The van der Waals surface area contributed by atoms with E-state index in [0.717, 1.165) is 4.90 Å². The van der Waals surface area contributed by atoms with E-state index in [2.05, 4.69) is 21.2 Å². The minimum Gasteiger partial charge on any atom is -0.273 e. The van der Waals surface area contributed by atoms with Gasteiger partial charge in [-0.05, 0) is 45.8 Å². The van der Waals surface area contributed by atoms with Crippen molar-refractivity contribution in [3.05, 3.63) is 74.3 Å². The molecule has 0 bridgehead atoms. The molecule has 0 unspecified atom stereocenters. The Kier molecular flexibility index (Phi) is 4.63. The van der Waals surface area contributed by atoms with Crippen LogP contribution >= 0.6 is 15.9 Å². The van der Waals surface area contributed by atoms with Gasteiger partial charge in [-0.1, -0.05) is 24.3 Å². The highest BCUT2D eigenvalue weighted by Gasteiger charge is 2.36. The lowest BCUT2D eigenvalue weighted by Gasteiger charge is -2.26. The highest BCUT2D eigenvalue weighted by molar-refractivity contribution is 9.10. The lowest BCUT2D eigenvalue weighted by Crippen LogP contribution is -2.54. The molecule has 9 heteroatoms. The van der Waals surface area contributed by atoms with Gasteiger partial charge >= 0.3 is 6.03 Å². The fraction of sp³-hybridized carbons (Fsp3) is 0. The Labute approximate surface area is 155 Å². The van der Waals surface area contributed by atoms with Gasteiger partial charge in [-0.3, -0.25) is 25.0 Å². The second-order valence-corrected chi connectivity index (χ2v) is 6.12. The van der Waals surface area contributed by atoms with Crippen LogP contribution in [0.3, 0.4) is 0 Å². The first-order chi connectivity index (χ1) is 12.4. The molecule has 0 saturated carbocycles. The molecule has 8 nitrogen and oxygen atoms in total. The van der Waals surface area contributed by atoms with Crippen molar-refractivity contribution in [2.75, 3.05) is 4.90 Å².